The Hall–Kier alpha value is -0.660. The van der Waals surface area contributed by atoms with E-state index >= 15 is 0 Å². The number of hydrogen-bond acceptors (Lipinski definition) is 3. The van der Waals surface area contributed by atoms with Gasteiger partial charge in [-0.3, -0.25) is 14.4 Å². The van der Waals surface area contributed by atoms with Crippen LogP contribution in [0.25, 0.3) is 0 Å². The molecule has 1 unspecified atom stereocenters. The van der Waals surface area contributed by atoms with Crippen molar-refractivity contribution in [1.82, 2.24) is 19.9 Å². The third-order valence-electron chi connectivity index (χ3n) is 5.32. The zero-order chi connectivity index (χ0) is 22.6. The van der Waals surface area contributed by atoms with Crippen molar-refractivity contribution in [2.75, 3.05) is 24.8 Å². The van der Waals surface area contributed by atoms with Crippen molar-refractivity contribution in [3.63, 3.8) is 0 Å². The first-order chi connectivity index (χ1) is 13.9. The number of halogens is 2. The second-order valence-corrected chi connectivity index (χ2v) is 11.8. The lowest BCUT2D eigenvalue weighted by Gasteiger charge is -2.50. The maximum absolute atomic E-state index is 14.1. The fraction of sp³-hybridized carbons (Fsp3) is 0.650. The van der Waals surface area contributed by atoms with Gasteiger partial charge < -0.3 is 0 Å². The van der Waals surface area contributed by atoms with Crippen LogP contribution in [-0.2, 0) is 9.77 Å². The van der Waals surface area contributed by atoms with Gasteiger partial charge in [-0.1, -0.05) is 18.2 Å². The molecule has 1 aromatic carbocycles. The molecule has 0 aromatic heterocycles. The monoisotopic (exact) mass is 477 g/mol. The molecule has 1 aliphatic heterocycles. The topological polar surface area (TPSA) is 84.6 Å². The standard InChI is InChI=1S/C20H32Cl2N4O3P/c1-19(2)14-17(15-20(3,4)26(19)28)23-30(29,25(12-10-21)13-11-22)24-18(27)16-8-6-5-7-9-16/h5-9,17H,10-15H2,1-4H3,(H2,23,24,27,29). The minimum absolute atomic E-state index is 0.236. The maximum Gasteiger partial charge on any atom is 0.308 e. The van der Waals surface area contributed by atoms with Crippen molar-refractivity contribution in [2.45, 2.75) is 57.7 Å². The molecule has 1 radical (unpaired) electrons. The molecule has 2 N–H and O–H groups in total. The molecule has 0 aliphatic carbocycles. The van der Waals surface area contributed by atoms with Crippen molar-refractivity contribution in [2.24, 2.45) is 0 Å². The molecule has 0 saturated carbocycles. The maximum atomic E-state index is 14.1. The Morgan fingerprint density at radius 3 is 2.07 bits per heavy atom. The van der Waals surface area contributed by atoms with E-state index in [0.717, 1.165) is 5.06 Å². The molecule has 0 bridgehead atoms. The van der Waals surface area contributed by atoms with Gasteiger partial charge in [-0.25, -0.2) is 9.76 Å². The number of rotatable bonds is 9. The lowest BCUT2D eigenvalue weighted by atomic mass is 9.79. The summed E-state index contributed by atoms with van der Waals surface area (Å²) in [5, 5.41) is 19.7. The lowest BCUT2D eigenvalue weighted by Crippen LogP contribution is -2.62. The summed E-state index contributed by atoms with van der Waals surface area (Å²) in [6.07, 6.45) is 0.974. The highest BCUT2D eigenvalue weighted by molar-refractivity contribution is 7.58. The van der Waals surface area contributed by atoms with E-state index in [1.54, 1.807) is 28.9 Å². The van der Waals surface area contributed by atoms with E-state index in [-0.39, 0.29) is 17.8 Å². The number of carbonyl (C=O) groups is 1. The van der Waals surface area contributed by atoms with Gasteiger partial charge in [0.25, 0.3) is 5.91 Å². The fourth-order valence-electron chi connectivity index (χ4n) is 4.17. The van der Waals surface area contributed by atoms with E-state index in [4.69, 9.17) is 23.2 Å². The van der Waals surface area contributed by atoms with Crippen LogP contribution in [0.15, 0.2) is 30.3 Å². The molecule has 0 spiro atoms. The van der Waals surface area contributed by atoms with Gasteiger partial charge in [-0.2, -0.15) is 0 Å². The van der Waals surface area contributed by atoms with Gasteiger partial charge in [0.15, 0.2) is 0 Å². The van der Waals surface area contributed by atoms with Crippen molar-refractivity contribution in [1.29, 1.82) is 0 Å². The molecule has 10 heteroatoms. The van der Waals surface area contributed by atoms with Gasteiger partial charge in [0.1, 0.15) is 0 Å². The third kappa shape index (κ3) is 6.19. The van der Waals surface area contributed by atoms with Crippen molar-refractivity contribution >= 4 is 36.7 Å². The number of hydroxylamine groups is 2. The smallest absolute Gasteiger partial charge is 0.279 e. The number of piperidine rings is 1. The van der Waals surface area contributed by atoms with Crippen LogP contribution in [0.5, 0.6) is 0 Å². The minimum atomic E-state index is -3.59. The summed E-state index contributed by atoms with van der Waals surface area (Å²) < 4.78 is 15.7. The van der Waals surface area contributed by atoms with E-state index in [2.05, 4.69) is 10.2 Å². The summed E-state index contributed by atoms with van der Waals surface area (Å²) in [7, 11) is -3.59. The number of nitrogens with one attached hydrogen (secondary N) is 2. The first-order valence-electron chi connectivity index (χ1n) is 10.1. The van der Waals surface area contributed by atoms with E-state index in [0.29, 0.717) is 31.5 Å². The zero-order valence-electron chi connectivity index (χ0n) is 18.0. The highest BCUT2D eigenvalue weighted by Gasteiger charge is 2.48. The fourth-order valence-corrected chi connectivity index (χ4v) is 7.03. The molecular weight excluding hydrogens is 446 g/mol. The molecular formula is C20H32Cl2N4O3P. The van der Waals surface area contributed by atoms with Crippen molar-refractivity contribution < 1.29 is 14.6 Å². The van der Waals surface area contributed by atoms with E-state index < -0.39 is 24.6 Å². The normalized spacial score (nSPS) is 21.3. The van der Waals surface area contributed by atoms with Crippen LogP contribution in [0, 0.1) is 0 Å². The summed E-state index contributed by atoms with van der Waals surface area (Å²) in [4.78, 5) is 12.8. The Kier molecular flexibility index (Phi) is 8.79. The molecule has 1 atom stereocenters. The first kappa shape index (κ1) is 25.6. The first-order valence-corrected chi connectivity index (χ1v) is 12.8. The number of nitrogens with zero attached hydrogens (tertiary/aromatic N) is 2. The van der Waals surface area contributed by atoms with Crippen LogP contribution >= 0.6 is 30.8 Å². The van der Waals surface area contributed by atoms with E-state index in [9.17, 15) is 14.6 Å². The minimum Gasteiger partial charge on any atom is -0.279 e. The van der Waals surface area contributed by atoms with E-state index in [1.165, 1.54) is 0 Å². The van der Waals surface area contributed by atoms with Crippen molar-refractivity contribution in [3.05, 3.63) is 35.9 Å². The molecule has 1 amide bonds. The highest BCUT2D eigenvalue weighted by atomic mass is 35.5. The predicted octanol–water partition coefficient (Wildman–Crippen LogP) is 4.26. The summed E-state index contributed by atoms with van der Waals surface area (Å²) in [5.74, 6) is 0.0276. The average Bonchev–Trinajstić information content (AvgIpc) is 2.66. The lowest BCUT2D eigenvalue weighted by molar-refractivity contribution is -0.289. The highest BCUT2D eigenvalue weighted by Crippen LogP contribution is 2.46. The van der Waals surface area contributed by atoms with Crippen LogP contribution in [-0.4, -0.2) is 57.6 Å². The molecule has 30 heavy (non-hydrogen) atoms. The second-order valence-electron chi connectivity index (χ2n) is 8.87. The van der Waals surface area contributed by atoms with Gasteiger partial charge in [-0.15, -0.1) is 33.5 Å². The van der Waals surface area contributed by atoms with Crippen LogP contribution in [0.2, 0.25) is 0 Å². The van der Waals surface area contributed by atoms with Crippen LogP contribution in [0.3, 0.4) is 0 Å². The Morgan fingerprint density at radius 2 is 1.60 bits per heavy atom. The van der Waals surface area contributed by atoms with Gasteiger partial charge in [0.05, 0.1) is 0 Å². The number of alkyl halides is 2. The molecule has 7 nitrogen and oxygen atoms in total. The summed E-state index contributed by atoms with van der Waals surface area (Å²) in [6.45, 7) is 8.08. The molecule has 1 aliphatic rings. The Morgan fingerprint density at radius 1 is 1.10 bits per heavy atom. The quantitative estimate of drug-likeness (QED) is 0.409. The molecule has 2 rings (SSSR count). The Labute approximate surface area is 189 Å². The zero-order valence-corrected chi connectivity index (χ0v) is 20.4. The molecule has 1 aromatic rings. The number of hydrogen-bond donors (Lipinski definition) is 2. The van der Waals surface area contributed by atoms with Crippen LogP contribution in [0.1, 0.15) is 50.9 Å². The third-order valence-corrected chi connectivity index (χ3v) is 8.08. The van der Waals surface area contributed by atoms with Gasteiger partial charge >= 0.3 is 7.59 Å². The Bertz CT molecular complexity index is 740. The second kappa shape index (κ2) is 10.3. The summed E-state index contributed by atoms with van der Waals surface area (Å²) in [5.41, 5.74) is -0.874. The summed E-state index contributed by atoms with van der Waals surface area (Å²) in [6, 6.07) is 8.39. The predicted molar refractivity (Wildman–Crippen MR) is 121 cm³/mol. The average molecular weight is 478 g/mol. The van der Waals surface area contributed by atoms with Crippen molar-refractivity contribution in [3.8, 4) is 0 Å². The SMILES string of the molecule is CC1(C)CC(NP(=O)(NC(=O)c2ccccc2)N(CCCl)CCCl)CC(C)(C)N1[O]. The number of carbonyl (C=O) groups excluding carboxylic acids is 1. The summed E-state index contributed by atoms with van der Waals surface area (Å²) >= 11 is 11.9. The Balaban J connectivity index is 2.33. The number of benzene rings is 1. The molecule has 1 fully saturated rings. The van der Waals surface area contributed by atoms with Gasteiger partial charge in [-0.05, 0) is 52.7 Å². The largest absolute Gasteiger partial charge is 0.308 e. The molecule has 1 saturated heterocycles. The van der Waals surface area contributed by atoms with Crippen LogP contribution in [0.4, 0.5) is 0 Å². The van der Waals surface area contributed by atoms with Crippen LogP contribution < -0.4 is 10.2 Å². The van der Waals surface area contributed by atoms with E-state index in [1.807, 2.05) is 33.8 Å². The number of amides is 1. The molecule has 1 heterocycles. The molecule has 169 valence electrons. The van der Waals surface area contributed by atoms with Gasteiger partial charge in [0.2, 0.25) is 0 Å². The van der Waals surface area contributed by atoms with Gasteiger partial charge in [0, 0.05) is 47.5 Å².